The number of carbonyl (C=O) groups excluding carboxylic acids is 1. The molecule has 204 valence electrons. The molecule has 4 aliphatic carbocycles. The van der Waals surface area contributed by atoms with E-state index in [1.54, 1.807) is 48.5 Å². The number of amidine groups is 1. The molecule has 2 unspecified atom stereocenters. The lowest BCUT2D eigenvalue weighted by atomic mass is 9.47. The van der Waals surface area contributed by atoms with Crippen LogP contribution in [0.15, 0.2) is 53.5 Å². The number of rotatable bonds is 8. The molecule has 4 fully saturated rings. The van der Waals surface area contributed by atoms with E-state index in [0.717, 1.165) is 37.7 Å². The van der Waals surface area contributed by atoms with E-state index < -0.39 is 17.0 Å². The summed E-state index contributed by atoms with van der Waals surface area (Å²) in [7, 11) is 0. The molecule has 4 aliphatic rings. The number of carboxylic acid groups (broad SMARTS) is 1. The van der Waals surface area contributed by atoms with Gasteiger partial charge in [0.15, 0.2) is 17.6 Å². The number of nitriles is 1. The average molecular weight is 549 g/mol. The average Bonchev–Trinajstić information content (AvgIpc) is 2.89. The lowest BCUT2D eigenvalue weighted by molar-refractivity contribution is -0.148. The Kier molecular flexibility index (Phi) is 7.30. The van der Waals surface area contributed by atoms with Gasteiger partial charge in [-0.2, -0.15) is 5.26 Å². The van der Waals surface area contributed by atoms with Crippen LogP contribution in [0.25, 0.3) is 0 Å². The molecule has 0 spiro atoms. The Morgan fingerprint density at radius 2 is 1.74 bits per heavy atom. The van der Waals surface area contributed by atoms with Crippen molar-refractivity contribution in [3.05, 3.63) is 64.7 Å². The van der Waals surface area contributed by atoms with Crippen LogP contribution in [-0.2, 0) is 11.3 Å². The van der Waals surface area contributed by atoms with Crippen LogP contribution >= 0.6 is 11.6 Å². The maximum absolute atomic E-state index is 13.5. The molecule has 2 aromatic rings. The predicted octanol–water partition coefficient (Wildman–Crippen LogP) is 5.18. The summed E-state index contributed by atoms with van der Waals surface area (Å²) in [4.78, 5) is 29.8. The van der Waals surface area contributed by atoms with Gasteiger partial charge in [-0.25, -0.2) is 4.79 Å². The number of nitrogens with zero attached hydrogens (tertiary/aromatic N) is 2. The molecule has 4 saturated carbocycles. The van der Waals surface area contributed by atoms with Gasteiger partial charge in [-0.15, -0.1) is 0 Å². The molecule has 2 atom stereocenters. The zero-order chi connectivity index (χ0) is 27.8. The zero-order valence-electron chi connectivity index (χ0n) is 22.1. The number of carbonyl (C=O) groups is 2. The van der Waals surface area contributed by atoms with E-state index in [1.807, 2.05) is 20.0 Å². The summed E-state index contributed by atoms with van der Waals surface area (Å²) >= 11 is 6.01. The monoisotopic (exact) mass is 548 g/mol. The van der Waals surface area contributed by atoms with Crippen LogP contribution in [0.1, 0.15) is 61.9 Å². The molecule has 1 amide bonds. The minimum Gasteiger partial charge on any atom is -0.480 e. The van der Waals surface area contributed by atoms with Crippen LogP contribution in [0.4, 0.5) is 0 Å². The van der Waals surface area contributed by atoms with Crippen molar-refractivity contribution in [1.82, 2.24) is 10.6 Å². The standard InChI is InChI=1S/C30H33ClN4O4/c1-29(2,39-24-9-7-23(31)8-10-24)27(34-17-32)35-25-21-11-19-12-22(25)15-30(13-19,14-21)28(38)33-16-18-3-5-20(6-4-18)26(36)37/h3-10,19,21-22,25H,11-16H2,1-2H3,(H,33,38)(H,34,35)(H,36,37). The summed E-state index contributed by atoms with van der Waals surface area (Å²) in [5.41, 5.74) is -0.175. The van der Waals surface area contributed by atoms with Gasteiger partial charge in [0, 0.05) is 11.6 Å². The first-order valence-electron chi connectivity index (χ1n) is 13.4. The molecule has 0 saturated heterocycles. The summed E-state index contributed by atoms with van der Waals surface area (Å²) < 4.78 is 6.22. The Hall–Kier alpha value is -3.57. The number of ether oxygens (including phenoxy) is 1. The number of hydrogen-bond donors (Lipinski definition) is 3. The number of nitrogens with one attached hydrogen (secondary N) is 2. The fourth-order valence-electron chi connectivity index (χ4n) is 7.01. The summed E-state index contributed by atoms with van der Waals surface area (Å²) in [6, 6.07) is 13.7. The van der Waals surface area contributed by atoms with Crippen LogP contribution in [0.5, 0.6) is 5.75 Å². The lowest BCUT2D eigenvalue weighted by Gasteiger charge is -2.58. The van der Waals surface area contributed by atoms with Crippen LogP contribution < -0.4 is 15.4 Å². The highest BCUT2D eigenvalue weighted by Gasteiger charge is 2.58. The topological polar surface area (TPSA) is 124 Å². The van der Waals surface area contributed by atoms with Gasteiger partial charge in [-0.05, 0) is 106 Å². The number of halogens is 1. The second-order valence-electron chi connectivity index (χ2n) is 11.7. The number of benzene rings is 2. The van der Waals surface area contributed by atoms with Gasteiger partial charge in [0.1, 0.15) is 5.75 Å². The Bertz CT molecular complexity index is 1300. The van der Waals surface area contributed by atoms with Gasteiger partial charge in [-0.3, -0.25) is 15.1 Å². The second kappa shape index (κ2) is 10.5. The van der Waals surface area contributed by atoms with Crippen molar-refractivity contribution in [2.24, 2.45) is 28.2 Å². The van der Waals surface area contributed by atoms with Crippen LogP contribution in [0.2, 0.25) is 5.02 Å². The minimum atomic E-state index is -0.968. The third-order valence-electron chi connectivity index (χ3n) is 8.57. The molecule has 8 nitrogen and oxygen atoms in total. The third kappa shape index (κ3) is 5.60. The molecule has 0 heterocycles. The van der Waals surface area contributed by atoms with E-state index in [9.17, 15) is 14.9 Å². The van der Waals surface area contributed by atoms with Crippen molar-refractivity contribution in [3.8, 4) is 11.9 Å². The highest BCUT2D eigenvalue weighted by atomic mass is 35.5. The van der Waals surface area contributed by atoms with Crippen molar-refractivity contribution in [2.75, 3.05) is 0 Å². The first kappa shape index (κ1) is 27.0. The van der Waals surface area contributed by atoms with Gasteiger partial charge in [0.2, 0.25) is 5.91 Å². The van der Waals surface area contributed by atoms with E-state index in [2.05, 4.69) is 10.6 Å². The van der Waals surface area contributed by atoms with E-state index in [-0.39, 0.29) is 29.3 Å². The number of carboxylic acids is 1. The van der Waals surface area contributed by atoms with Gasteiger partial charge in [-0.1, -0.05) is 23.7 Å². The Morgan fingerprint density at radius 1 is 1.10 bits per heavy atom. The molecule has 6 rings (SSSR count). The fraction of sp³-hybridized carbons (Fsp3) is 0.467. The number of amides is 1. The van der Waals surface area contributed by atoms with Gasteiger partial charge >= 0.3 is 5.97 Å². The first-order valence-corrected chi connectivity index (χ1v) is 13.7. The Morgan fingerprint density at radius 3 is 2.33 bits per heavy atom. The van der Waals surface area contributed by atoms with Gasteiger partial charge in [0.25, 0.3) is 0 Å². The van der Waals surface area contributed by atoms with Crippen molar-refractivity contribution in [2.45, 2.75) is 64.1 Å². The summed E-state index contributed by atoms with van der Waals surface area (Å²) in [5.74, 6) is 1.26. The maximum atomic E-state index is 13.5. The minimum absolute atomic E-state index is 0.0231. The normalized spacial score (nSPS) is 27.5. The van der Waals surface area contributed by atoms with Crippen LogP contribution in [0.3, 0.4) is 0 Å². The summed E-state index contributed by atoms with van der Waals surface area (Å²) in [5, 5.41) is 25.1. The number of aromatic carboxylic acids is 1. The Balaban J connectivity index is 1.30. The maximum Gasteiger partial charge on any atom is 0.335 e. The molecular weight excluding hydrogens is 516 g/mol. The smallest absolute Gasteiger partial charge is 0.335 e. The largest absolute Gasteiger partial charge is 0.480 e. The Labute approximate surface area is 233 Å². The van der Waals surface area contributed by atoms with Gasteiger partial charge < -0.3 is 15.2 Å². The van der Waals surface area contributed by atoms with E-state index in [4.69, 9.17) is 26.4 Å². The quantitative estimate of drug-likeness (QED) is 0.181. The summed E-state index contributed by atoms with van der Waals surface area (Å²) in [6.07, 6.45) is 6.55. The lowest BCUT2D eigenvalue weighted by Crippen LogP contribution is -2.58. The third-order valence-corrected chi connectivity index (χ3v) is 8.82. The van der Waals surface area contributed by atoms with E-state index in [1.165, 1.54) is 0 Å². The fourth-order valence-corrected chi connectivity index (χ4v) is 7.13. The van der Waals surface area contributed by atoms with Gasteiger partial charge in [0.05, 0.1) is 17.0 Å². The summed E-state index contributed by atoms with van der Waals surface area (Å²) in [6.45, 7) is 4.14. The zero-order valence-corrected chi connectivity index (χ0v) is 22.9. The van der Waals surface area contributed by atoms with Crippen LogP contribution in [0, 0.1) is 34.6 Å². The van der Waals surface area contributed by atoms with Crippen LogP contribution in [-0.4, -0.2) is 34.5 Å². The molecule has 3 N–H and O–H groups in total. The molecule has 9 heteroatoms. The van der Waals surface area contributed by atoms with E-state index in [0.29, 0.717) is 29.1 Å². The SMILES string of the molecule is CC(C)(Oc1ccc(Cl)cc1)C(=NC1C2CC3CC1CC(C(=O)NCc1ccc(C(=O)O)cc1)(C3)C2)NC#N. The molecule has 0 aliphatic heterocycles. The molecule has 39 heavy (non-hydrogen) atoms. The van der Waals surface area contributed by atoms with Crippen molar-refractivity contribution < 1.29 is 19.4 Å². The van der Waals surface area contributed by atoms with Crippen molar-refractivity contribution in [3.63, 3.8) is 0 Å². The predicted molar refractivity (Wildman–Crippen MR) is 147 cm³/mol. The molecule has 4 bridgehead atoms. The van der Waals surface area contributed by atoms with E-state index >= 15 is 0 Å². The molecular formula is C30H33ClN4O4. The number of hydrogen-bond acceptors (Lipinski definition) is 5. The highest BCUT2D eigenvalue weighted by Crippen LogP contribution is 2.61. The second-order valence-corrected chi connectivity index (χ2v) is 12.1. The molecule has 2 aromatic carbocycles. The van der Waals surface area contributed by atoms with Crippen molar-refractivity contribution >= 4 is 29.3 Å². The number of aliphatic imine (C=N–C) groups is 1. The highest BCUT2D eigenvalue weighted by molar-refractivity contribution is 6.30. The molecule has 0 aromatic heterocycles. The first-order chi connectivity index (χ1) is 18.6. The molecule has 0 radical (unpaired) electrons. The van der Waals surface area contributed by atoms with Crippen molar-refractivity contribution in [1.29, 1.82) is 5.26 Å².